The molecule has 0 aromatic heterocycles. The average Bonchev–Trinajstić information content (AvgIpc) is 3.44. The second-order valence-corrected chi connectivity index (χ2v) is 10.9. The highest BCUT2D eigenvalue weighted by molar-refractivity contribution is 14.0. The van der Waals surface area contributed by atoms with Gasteiger partial charge in [-0.1, -0.05) is 38.2 Å². The van der Waals surface area contributed by atoms with E-state index in [2.05, 4.69) is 11.9 Å². The number of nitrogens with one attached hydrogen (secondary N) is 1. The van der Waals surface area contributed by atoms with Gasteiger partial charge in [0.15, 0.2) is 0 Å². The van der Waals surface area contributed by atoms with Crippen molar-refractivity contribution in [2.45, 2.75) is 91.3 Å². The van der Waals surface area contributed by atoms with Crippen LogP contribution in [0.25, 0.3) is 0 Å². The predicted octanol–water partition coefficient (Wildman–Crippen LogP) is 8.97. The van der Waals surface area contributed by atoms with Gasteiger partial charge in [0.05, 0.1) is 5.54 Å². The number of allylic oxidation sites excluding steroid dienone is 7. The summed E-state index contributed by atoms with van der Waals surface area (Å²) in [6.45, 7) is 16.2. The molecule has 3 rings (SSSR count). The molecule has 2 saturated heterocycles. The van der Waals surface area contributed by atoms with Gasteiger partial charge in [0.25, 0.3) is 0 Å². The number of rotatable bonds is 9. The molecule has 43 heavy (non-hydrogen) atoms. The van der Waals surface area contributed by atoms with Gasteiger partial charge in [-0.2, -0.15) is 0 Å². The highest BCUT2D eigenvalue weighted by Gasteiger charge is 2.37. The van der Waals surface area contributed by atoms with E-state index in [-0.39, 0.29) is 53.9 Å². The Morgan fingerprint density at radius 2 is 1.74 bits per heavy atom. The highest BCUT2D eigenvalue weighted by Crippen LogP contribution is 2.35. The van der Waals surface area contributed by atoms with Crippen molar-refractivity contribution >= 4 is 24.0 Å². The molecular formula is C34H55F4IN4. The summed E-state index contributed by atoms with van der Waals surface area (Å²) in [6.07, 6.45) is 15.1. The minimum atomic E-state index is -0.588. The van der Waals surface area contributed by atoms with E-state index in [9.17, 15) is 13.2 Å². The Morgan fingerprint density at radius 3 is 2.28 bits per heavy atom. The lowest BCUT2D eigenvalue weighted by Crippen LogP contribution is -2.54. The number of halogens is 5. The van der Waals surface area contributed by atoms with Crippen molar-refractivity contribution in [2.24, 2.45) is 11.7 Å². The topological polar surface area (TPSA) is 44.5 Å². The monoisotopic (exact) mass is 722 g/mol. The molecule has 0 aromatic carbocycles. The largest absolute Gasteiger partial charge is 0.367 e. The molecule has 2 unspecified atom stereocenters. The molecular weight excluding hydrogens is 667 g/mol. The van der Waals surface area contributed by atoms with E-state index in [1.165, 1.54) is 31.2 Å². The SMILES string of the molecule is C/C=C(F)\C=C/CC1CCN(C(=C(/C)F)/C(F)=C\CN2CCC[C@@H]2C2=CC(C)(NC)C(N)C=C2F)CC1.C=CC.CC.I. The number of hydrogen-bond donors (Lipinski definition) is 2. The van der Waals surface area contributed by atoms with Gasteiger partial charge in [0.1, 0.15) is 29.0 Å². The summed E-state index contributed by atoms with van der Waals surface area (Å²) in [5, 5.41) is 3.18. The summed E-state index contributed by atoms with van der Waals surface area (Å²) in [6, 6.07) is -0.668. The van der Waals surface area contributed by atoms with Crippen LogP contribution in [0.5, 0.6) is 0 Å². The zero-order valence-corrected chi connectivity index (χ0v) is 29.6. The maximum Gasteiger partial charge on any atom is 0.146 e. The first-order valence-electron chi connectivity index (χ1n) is 15.3. The Hall–Kier alpha value is -1.69. The van der Waals surface area contributed by atoms with Crippen molar-refractivity contribution in [1.82, 2.24) is 15.1 Å². The molecule has 246 valence electrons. The second kappa shape index (κ2) is 21.1. The smallest absolute Gasteiger partial charge is 0.146 e. The zero-order chi connectivity index (χ0) is 31.9. The van der Waals surface area contributed by atoms with Crippen LogP contribution in [-0.4, -0.2) is 60.6 Å². The third-order valence-corrected chi connectivity index (χ3v) is 8.02. The fourth-order valence-electron chi connectivity index (χ4n) is 5.50. The quantitative estimate of drug-likeness (QED) is 0.108. The maximum absolute atomic E-state index is 15.4. The van der Waals surface area contributed by atoms with E-state index in [1.54, 1.807) is 24.9 Å². The van der Waals surface area contributed by atoms with E-state index in [4.69, 9.17) is 5.73 Å². The number of likely N-dealkylation sites (tertiary alicyclic amines) is 2. The van der Waals surface area contributed by atoms with E-state index in [0.717, 1.165) is 32.1 Å². The van der Waals surface area contributed by atoms with Crippen molar-refractivity contribution < 1.29 is 17.6 Å². The van der Waals surface area contributed by atoms with Gasteiger partial charge in [-0.05, 0) is 97.5 Å². The van der Waals surface area contributed by atoms with Crippen molar-refractivity contribution in [3.8, 4) is 0 Å². The molecule has 2 heterocycles. The first kappa shape index (κ1) is 41.3. The molecule has 0 saturated carbocycles. The molecule has 4 nitrogen and oxygen atoms in total. The molecule has 2 fully saturated rings. The minimum absolute atomic E-state index is 0. The molecule has 0 bridgehead atoms. The van der Waals surface area contributed by atoms with Gasteiger partial charge in [0.2, 0.25) is 0 Å². The van der Waals surface area contributed by atoms with Gasteiger partial charge in [-0.3, -0.25) is 4.90 Å². The molecule has 3 N–H and O–H groups in total. The number of hydrogen-bond acceptors (Lipinski definition) is 4. The number of piperidine rings is 1. The summed E-state index contributed by atoms with van der Waals surface area (Å²) >= 11 is 0. The molecule has 3 aliphatic rings. The lowest BCUT2D eigenvalue weighted by Gasteiger charge is -2.37. The van der Waals surface area contributed by atoms with E-state index >= 15 is 4.39 Å². The van der Waals surface area contributed by atoms with Crippen LogP contribution in [0.15, 0.2) is 83.7 Å². The fraction of sp³-hybridized carbons (Fsp3) is 0.588. The summed E-state index contributed by atoms with van der Waals surface area (Å²) in [7, 11) is 1.80. The van der Waals surface area contributed by atoms with E-state index < -0.39 is 23.2 Å². The van der Waals surface area contributed by atoms with E-state index in [1.807, 2.05) is 44.7 Å². The predicted molar refractivity (Wildman–Crippen MR) is 186 cm³/mol. The van der Waals surface area contributed by atoms with Gasteiger partial charge in [0, 0.05) is 37.3 Å². The van der Waals surface area contributed by atoms with Crippen LogP contribution >= 0.6 is 24.0 Å². The zero-order valence-electron chi connectivity index (χ0n) is 27.2. The average molecular weight is 723 g/mol. The highest BCUT2D eigenvalue weighted by atomic mass is 127. The van der Waals surface area contributed by atoms with Gasteiger partial charge in [-0.25, -0.2) is 17.6 Å². The van der Waals surface area contributed by atoms with E-state index in [0.29, 0.717) is 31.1 Å². The molecule has 0 radical (unpaired) electrons. The van der Waals surface area contributed by atoms with Crippen LogP contribution in [0.4, 0.5) is 17.6 Å². The number of nitrogens with zero attached hydrogens (tertiary/aromatic N) is 2. The maximum atomic E-state index is 15.4. The van der Waals surface area contributed by atoms with Crippen LogP contribution in [-0.2, 0) is 0 Å². The molecule has 1 aliphatic carbocycles. The standard InChI is InChI=1S/C29H42F4N4.C3H6.C2H6.HI/c1-5-22(31)9-6-8-21-11-15-37(16-12-21)28(20(2)30)24(32)13-17-36-14-7-10-26(36)23-19-29(3,35-4)27(34)18-25(23)33;1-3-2;1-2;/h5-6,9,13,18-19,21,26-27,35H,7-8,10-12,14-17,34H2,1-4H3;3H,1H2,2H3;1-2H3;1H/b9-6-,22-5+,24-13+,28-20-;;;/t26-,27?,29?;;;/m1.../s1. The van der Waals surface area contributed by atoms with Gasteiger partial charge in [-0.15, -0.1) is 30.6 Å². The number of nitrogens with two attached hydrogens (primary N) is 1. The Kier molecular flexibility index (Phi) is 20.3. The lowest BCUT2D eigenvalue weighted by atomic mass is 9.83. The van der Waals surface area contributed by atoms with Crippen LogP contribution in [0.2, 0.25) is 0 Å². The summed E-state index contributed by atoms with van der Waals surface area (Å²) in [5.41, 5.74) is 6.14. The summed E-state index contributed by atoms with van der Waals surface area (Å²) < 4.78 is 58.1. The third-order valence-electron chi connectivity index (χ3n) is 8.02. The molecule has 0 amide bonds. The van der Waals surface area contributed by atoms with Crippen LogP contribution in [0.3, 0.4) is 0 Å². The lowest BCUT2D eigenvalue weighted by molar-refractivity contribution is 0.218. The number of likely N-dealkylation sites (N-methyl/N-ethyl adjacent to an activating group) is 1. The molecule has 9 heteroatoms. The van der Waals surface area contributed by atoms with Gasteiger partial charge >= 0.3 is 0 Å². The van der Waals surface area contributed by atoms with Crippen molar-refractivity contribution in [1.29, 1.82) is 0 Å². The Morgan fingerprint density at radius 1 is 1.14 bits per heavy atom. The Balaban J connectivity index is 0.00000276. The first-order valence-corrected chi connectivity index (χ1v) is 15.3. The molecule has 2 aliphatic heterocycles. The van der Waals surface area contributed by atoms with Crippen LogP contribution in [0, 0.1) is 5.92 Å². The Bertz CT molecular complexity index is 1040. The van der Waals surface area contributed by atoms with Crippen LogP contribution in [0.1, 0.15) is 73.6 Å². The molecule has 0 spiro atoms. The summed E-state index contributed by atoms with van der Waals surface area (Å²) in [4.78, 5) is 3.81. The van der Waals surface area contributed by atoms with Crippen molar-refractivity contribution in [2.75, 3.05) is 33.2 Å². The minimum Gasteiger partial charge on any atom is -0.367 e. The van der Waals surface area contributed by atoms with Crippen molar-refractivity contribution in [3.63, 3.8) is 0 Å². The van der Waals surface area contributed by atoms with Crippen LogP contribution < -0.4 is 11.1 Å². The third kappa shape index (κ3) is 12.3. The first-order chi connectivity index (χ1) is 20.0. The molecule has 0 aromatic rings. The fourth-order valence-corrected chi connectivity index (χ4v) is 5.50. The van der Waals surface area contributed by atoms with Gasteiger partial charge < -0.3 is 16.0 Å². The van der Waals surface area contributed by atoms with Crippen molar-refractivity contribution in [3.05, 3.63) is 83.7 Å². The Labute approximate surface area is 275 Å². The second-order valence-electron chi connectivity index (χ2n) is 10.9. The summed E-state index contributed by atoms with van der Waals surface area (Å²) in [5.74, 6) is -1.37. The normalized spacial score (nSPS) is 25.9. The molecule has 3 atom stereocenters.